The summed E-state index contributed by atoms with van der Waals surface area (Å²) in [5.74, 6) is -0.259. The summed E-state index contributed by atoms with van der Waals surface area (Å²) in [5.41, 5.74) is 7.41. The van der Waals surface area contributed by atoms with Gasteiger partial charge in [0.15, 0.2) is 0 Å². The van der Waals surface area contributed by atoms with Crippen LogP contribution in [0.5, 0.6) is 5.75 Å². The first-order valence-electron chi connectivity index (χ1n) is 5.09. The summed E-state index contributed by atoms with van der Waals surface area (Å²) in [5, 5.41) is 3.73. The van der Waals surface area contributed by atoms with Crippen LogP contribution >= 0.6 is 11.3 Å². The van der Waals surface area contributed by atoms with Gasteiger partial charge in [-0.05, 0) is 40.1 Å². The molecule has 0 amide bonds. The summed E-state index contributed by atoms with van der Waals surface area (Å²) in [6.07, 6.45) is -4.69. The van der Waals surface area contributed by atoms with Gasteiger partial charge in [0.2, 0.25) is 0 Å². The van der Waals surface area contributed by atoms with Crippen LogP contribution in [0.25, 0.3) is 0 Å². The van der Waals surface area contributed by atoms with E-state index in [0.717, 1.165) is 5.56 Å². The van der Waals surface area contributed by atoms with Gasteiger partial charge in [0.25, 0.3) is 0 Å². The van der Waals surface area contributed by atoms with E-state index in [1.807, 2.05) is 16.8 Å². The van der Waals surface area contributed by atoms with Crippen molar-refractivity contribution in [2.45, 2.75) is 12.4 Å². The lowest BCUT2D eigenvalue weighted by molar-refractivity contribution is -0.274. The summed E-state index contributed by atoms with van der Waals surface area (Å²) in [6.45, 7) is 0. The second-order valence-corrected chi connectivity index (χ2v) is 4.43. The van der Waals surface area contributed by atoms with E-state index < -0.39 is 12.4 Å². The Morgan fingerprint density at radius 2 is 1.94 bits per heavy atom. The number of ether oxygens (including phenoxy) is 1. The van der Waals surface area contributed by atoms with Crippen LogP contribution in [-0.4, -0.2) is 6.36 Å². The van der Waals surface area contributed by atoms with Crippen molar-refractivity contribution in [2.24, 2.45) is 5.73 Å². The molecular weight excluding hydrogens is 263 g/mol. The molecule has 0 aliphatic heterocycles. The third-order valence-electron chi connectivity index (χ3n) is 2.35. The smallest absolute Gasteiger partial charge is 0.406 e. The monoisotopic (exact) mass is 273 g/mol. The second kappa shape index (κ2) is 4.99. The molecule has 2 aromatic rings. The Balaban J connectivity index is 2.22. The van der Waals surface area contributed by atoms with Crippen LogP contribution < -0.4 is 10.5 Å². The number of benzene rings is 1. The van der Waals surface area contributed by atoms with Crippen molar-refractivity contribution in [1.29, 1.82) is 0 Å². The highest BCUT2D eigenvalue weighted by Crippen LogP contribution is 2.27. The zero-order chi connectivity index (χ0) is 13.2. The minimum atomic E-state index is -4.69. The maximum atomic E-state index is 12.1. The van der Waals surface area contributed by atoms with E-state index in [1.165, 1.54) is 29.5 Å². The third-order valence-corrected chi connectivity index (χ3v) is 3.05. The topological polar surface area (TPSA) is 35.2 Å². The largest absolute Gasteiger partial charge is 0.573 e. The summed E-state index contributed by atoms with van der Waals surface area (Å²) < 4.78 is 40.1. The number of halogens is 3. The zero-order valence-electron chi connectivity index (χ0n) is 9.15. The van der Waals surface area contributed by atoms with E-state index in [2.05, 4.69) is 4.74 Å². The lowest BCUT2D eigenvalue weighted by Crippen LogP contribution is -2.17. The molecular formula is C12H10F3NOS. The zero-order valence-corrected chi connectivity index (χ0v) is 9.96. The normalized spacial score (nSPS) is 13.3. The number of thiophene rings is 1. The van der Waals surface area contributed by atoms with Crippen molar-refractivity contribution in [3.63, 3.8) is 0 Å². The standard InChI is InChI=1S/C12H10F3NOS/c13-12(14,15)17-10-3-1-2-8(6-10)11(16)9-4-5-18-7-9/h1-7,11H,16H2. The molecule has 18 heavy (non-hydrogen) atoms. The minimum absolute atomic E-state index is 0.259. The first-order chi connectivity index (χ1) is 8.46. The van der Waals surface area contributed by atoms with Gasteiger partial charge in [-0.25, -0.2) is 0 Å². The Morgan fingerprint density at radius 3 is 2.56 bits per heavy atom. The average Bonchev–Trinajstić information content (AvgIpc) is 2.79. The van der Waals surface area contributed by atoms with E-state index in [1.54, 1.807) is 6.07 Å². The molecule has 1 aromatic heterocycles. The molecule has 0 bridgehead atoms. The Bertz CT molecular complexity index is 510. The van der Waals surface area contributed by atoms with Crippen molar-refractivity contribution in [1.82, 2.24) is 0 Å². The maximum absolute atomic E-state index is 12.1. The van der Waals surface area contributed by atoms with Gasteiger partial charge in [0.05, 0.1) is 6.04 Å². The van der Waals surface area contributed by atoms with E-state index in [9.17, 15) is 13.2 Å². The molecule has 0 saturated carbocycles. The van der Waals surface area contributed by atoms with Gasteiger partial charge in [-0.15, -0.1) is 13.2 Å². The van der Waals surface area contributed by atoms with Gasteiger partial charge in [0, 0.05) is 0 Å². The van der Waals surface area contributed by atoms with Crippen molar-refractivity contribution >= 4 is 11.3 Å². The van der Waals surface area contributed by atoms with E-state index >= 15 is 0 Å². The number of hydrogen-bond acceptors (Lipinski definition) is 3. The van der Waals surface area contributed by atoms with Crippen LogP contribution in [0.1, 0.15) is 17.2 Å². The molecule has 2 rings (SSSR count). The molecule has 1 unspecified atom stereocenters. The minimum Gasteiger partial charge on any atom is -0.406 e. The Hall–Kier alpha value is -1.53. The highest BCUT2D eigenvalue weighted by atomic mass is 32.1. The van der Waals surface area contributed by atoms with Gasteiger partial charge in [0.1, 0.15) is 5.75 Å². The molecule has 0 saturated heterocycles. The van der Waals surface area contributed by atoms with Crippen LogP contribution in [0.15, 0.2) is 41.1 Å². The number of hydrogen-bond donors (Lipinski definition) is 1. The van der Waals surface area contributed by atoms with E-state index in [4.69, 9.17) is 5.73 Å². The Morgan fingerprint density at radius 1 is 1.17 bits per heavy atom. The SMILES string of the molecule is NC(c1ccsc1)c1cccc(OC(F)(F)F)c1. The predicted octanol–water partition coefficient (Wildman–Crippen LogP) is 3.69. The molecule has 1 heterocycles. The highest BCUT2D eigenvalue weighted by molar-refractivity contribution is 7.08. The maximum Gasteiger partial charge on any atom is 0.573 e. The number of nitrogens with two attached hydrogens (primary N) is 1. The van der Waals surface area contributed by atoms with Crippen LogP contribution in [0, 0.1) is 0 Å². The van der Waals surface area contributed by atoms with Crippen molar-refractivity contribution in [3.05, 3.63) is 52.2 Å². The van der Waals surface area contributed by atoms with Crippen LogP contribution in [0.3, 0.4) is 0 Å². The van der Waals surface area contributed by atoms with Gasteiger partial charge in [-0.3, -0.25) is 0 Å². The summed E-state index contributed by atoms with van der Waals surface area (Å²) in [6, 6.07) is 7.10. The first kappa shape index (κ1) is 12.9. The molecule has 0 fully saturated rings. The molecule has 2 N–H and O–H groups in total. The summed E-state index contributed by atoms with van der Waals surface area (Å²) in [7, 11) is 0. The predicted molar refractivity (Wildman–Crippen MR) is 63.5 cm³/mol. The van der Waals surface area contributed by atoms with Gasteiger partial charge >= 0.3 is 6.36 Å². The van der Waals surface area contributed by atoms with Crippen molar-refractivity contribution in [2.75, 3.05) is 0 Å². The molecule has 2 nitrogen and oxygen atoms in total. The summed E-state index contributed by atoms with van der Waals surface area (Å²) >= 11 is 1.49. The summed E-state index contributed by atoms with van der Waals surface area (Å²) in [4.78, 5) is 0. The third kappa shape index (κ3) is 3.24. The van der Waals surface area contributed by atoms with E-state index in [0.29, 0.717) is 5.56 Å². The molecule has 6 heteroatoms. The molecule has 0 spiro atoms. The molecule has 1 aromatic carbocycles. The Labute approximate surface area is 106 Å². The Kier molecular flexibility index (Phi) is 3.58. The lowest BCUT2D eigenvalue weighted by atomic mass is 10.0. The fraction of sp³-hybridized carbons (Fsp3) is 0.167. The fourth-order valence-corrected chi connectivity index (χ4v) is 2.25. The van der Waals surface area contributed by atoms with Crippen molar-refractivity contribution < 1.29 is 17.9 Å². The van der Waals surface area contributed by atoms with Gasteiger partial charge in [-0.1, -0.05) is 12.1 Å². The molecule has 0 aliphatic carbocycles. The van der Waals surface area contributed by atoms with E-state index in [-0.39, 0.29) is 5.75 Å². The molecule has 1 atom stereocenters. The highest BCUT2D eigenvalue weighted by Gasteiger charge is 2.31. The second-order valence-electron chi connectivity index (χ2n) is 3.65. The van der Waals surface area contributed by atoms with Crippen LogP contribution in [0.4, 0.5) is 13.2 Å². The fourth-order valence-electron chi connectivity index (χ4n) is 1.55. The van der Waals surface area contributed by atoms with Crippen LogP contribution in [0.2, 0.25) is 0 Å². The molecule has 96 valence electrons. The number of rotatable bonds is 3. The first-order valence-corrected chi connectivity index (χ1v) is 6.03. The average molecular weight is 273 g/mol. The molecule has 0 aliphatic rings. The molecule has 0 radical (unpaired) electrons. The number of alkyl halides is 3. The van der Waals surface area contributed by atoms with Gasteiger partial charge in [-0.2, -0.15) is 11.3 Å². The van der Waals surface area contributed by atoms with Gasteiger partial charge < -0.3 is 10.5 Å². The van der Waals surface area contributed by atoms with Crippen molar-refractivity contribution in [3.8, 4) is 5.75 Å². The lowest BCUT2D eigenvalue weighted by Gasteiger charge is -2.13. The quantitative estimate of drug-likeness (QED) is 0.925. The van der Waals surface area contributed by atoms with Crippen LogP contribution in [-0.2, 0) is 0 Å².